The van der Waals surface area contributed by atoms with Crippen molar-refractivity contribution < 1.29 is 13.7 Å². The minimum atomic E-state index is -0.118. The van der Waals surface area contributed by atoms with Crippen molar-refractivity contribution >= 4 is 28.5 Å². The lowest BCUT2D eigenvalue weighted by atomic mass is 9.97. The van der Waals surface area contributed by atoms with E-state index in [1.165, 1.54) is 0 Å². The zero-order valence-electron chi connectivity index (χ0n) is 13.2. The van der Waals surface area contributed by atoms with Crippen LogP contribution in [0.5, 0.6) is 0 Å². The van der Waals surface area contributed by atoms with Gasteiger partial charge in [-0.2, -0.15) is 4.98 Å². The molecule has 0 bridgehead atoms. The van der Waals surface area contributed by atoms with E-state index >= 15 is 0 Å². The zero-order chi connectivity index (χ0) is 16.7. The van der Waals surface area contributed by atoms with Crippen molar-refractivity contribution in [1.82, 2.24) is 15.0 Å². The number of piperidine rings is 1. The molecule has 0 aliphatic carbocycles. The third-order valence-corrected chi connectivity index (χ3v) is 4.54. The molecule has 3 heterocycles. The number of hydrogen-bond acceptors (Lipinski definition) is 5. The summed E-state index contributed by atoms with van der Waals surface area (Å²) < 4.78 is 10.7. The van der Waals surface area contributed by atoms with E-state index in [2.05, 4.69) is 10.1 Å². The molecule has 7 heteroatoms. The topological polar surface area (TPSA) is 72.4 Å². The third-order valence-electron chi connectivity index (χ3n) is 4.31. The van der Waals surface area contributed by atoms with Crippen LogP contribution in [0.3, 0.4) is 0 Å². The van der Waals surface area contributed by atoms with Gasteiger partial charge in [-0.1, -0.05) is 16.8 Å². The van der Waals surface area contributed by atoms with E-state index in [1.54, 1.807) is 36.1 Å². The Bertz CT molecular complexity index is 902. The molecule has 0 spiro atoms. The Kier molecular flexibility index (Phi) is 3.76. The highest BCUT2D eigenvalue weighted by Crippen LogP contribution is 2.28. The van der Waals surface area contributed by atoms with Crippen molar-refractivity contribution in [3.8, 4) is 0 Å². The van der Waals surface area contributed by atoms with E-state index in [1.807, 2.05) is 0 Å². The molecular weight excluding hydrogens is 330 g/mol. The van der Waals surface area contributed by atoms with Crippen LogP contribution in [0.15, 0.2) is 33.2 Å². The molecule has 24 heavy (non-hydrogen) atoms. The summed E-state index contributed by atoms with van der Waals surface area (Å²) in [6.45, 7) is 3.03. The Labute approximate surface area is 143 Å². The van der Waals surface area contributed by atoms with Gasteiger partial charge in [0.15, 0.2) is 11.6 Å². The molecule has 124 valence electrons. The summed E-state index contributed by atoms with van der Waals surface area (Å²) >= 11 is 5.99. The van der Waals surface area contributed by atoms with Gasteiger partial charge >= 0.3 is 0 Å². The summed E-state index contributed by atoms with van der Waals surface area (Å²) in [6.07, 6.45) is 1.84. The number of benzene rings is 1. The van der Waals surface area contributed by atoms with Crippen molar-refractivity contribution in [2.45, 2.75) is 25.7 Å². The van der Waals surface area contributed by atoms with E-state index in [0.717, 1.165) is 18.2 Å². The number of amides is 1. The molecule has 1 saturated heterocycles. The average molecular weight is 346 g/mol. The lowest BCUT2D eigenvalue weighted by molar-refractivity contribution is 0.0674. The van der Waals surface area contributed by atoms with Gasteiger partial charge in [-0.3, -0.25) is 4.79 Å². The van der Waals surface area contributed by atoms with Gasteiger partial charge in [-0.25, -0.2) is 0 Å². The second-order valence-corrected chi connectivity index (χ2v) is 6.49. The van der Waals surface area contributed by atoms with Gasteiger partial charge in [-0.05, 0) is 37.1 Å². The standard InChI is InChI=1S/C17H16ClN3O3/c1-10-19-16(20-24-10)11-3-2-6-21(9-11)17(22)15-8-12-7-13(18)4-5-14(12)23-15/h4-5,7-8,11H,2-3,6,9H2,1H3/t11-/m0/s1. The van der Waals surface area contributed by atoms with Crippen LogP contribution in [0.1, 0.15) is 41.0 Å². The van der Waals surface area contributed by atoms with Gasteiger partial charge < -0.3 is 13.8 Å². The summed E-state index contributed by atoms with van der Waals surface area (Å²) in [5, 5.41) is 5.43. The van der Waals surface area contributed by atoms with E-state index in [0.29, 0.717) is 41.2 Å². The van der Waals surface area contributed by atoms with E-state index in [-0.39, 0.29) is 11.8 Å². The van der Waals surface area contributed by atoms with Gasteiger partial charge in [-0.15, -0.1) is 0 Å². The van der Waals surface area contributed by atoms with Crippen LogP contribution < -0.4 is 0 Å². The Morgan fingerprint density at radius 1 is 1.38 bits per heavy atom. The molecule has 0 N–H and O–H groups in total. The number of carbonyl (C=O) groups is 1. The Morgan fingerprint density at radius 2 is 2.25 bits per heavy atom. The molecule has 1 aliphatic rings. The van der Waals surface area contributed by atoms with Crippen molar-refractivity contribution in [1.29, 1.82) is 0 Å². The lowest BCUT2D eigenvalue weighted by Gasteiger charge is -2.30. The molecule has 1 atom stereocenters. The number of hydrogen-bond donors (Lipinski definition) is 0. The fourth-order valence-electron chi connectivity index (χ4n) is 3.13. The molecule has 1 aromatic carbocycles. The average Bonchev–Trinajstić information content (AvgIpc) is 3.20. The summed E-state index contributed by atoms with van der Waals surface area (Å²) in [7, 11) is 0. The van der Waals surface area contributed by atoms with Crippen molar-refractivity contribution in [3.05, 3.63) is 46.8 Å². The highest BCUT2D eigenvalue weighted by atomic mass is 35.5. The number of furan rings is 1. The fourth-order valence-corrected chi connectivity index (χ4v) is 3.31. The van der Waals surface area contributed by atoms with Crippen LogP contribution in [-0.2, 0) is 0 Å². The summed E-state index contributed by atoms with van der Waals surface area (Å²) in [4.78, 5) is 18.9. The van der Waals surface area contributed by atoms with E-state index in [9.17, 15) is 4.79 Å². The first-order valence-electron chi connectivity index (χ1n) is 7.89. The summed E-state index contributed by atoms with van der Waals surface area (Å²) in [5.41, 5.74) is 0.658. The predicted molar refractivity (Wildman–Crippen MR) is 88.1 cm³/mol. The molecular formula is C17H16ClN3O3. The highest BCUT2D eigenvalue weighted by Gasteiger charge is 2.29. The van der Waals surface area contributed by atoms with Gasteiger partial charge in [0.25, 0.3) is 5.91 Å². The van der Waals surface area contributed by atoms with Crippen LogP contribution in [0.4, 0.5) is 0 Å². The van der Waals surface area contributed by atoms with Crippen molar-refractivity contribution in [2.24, 2.45) is 0 Å². The van der Waals surface area contributed by atoms with Gasteiger partial charge in [0.1, 0.15) is 5.58 Å². The van der Waals surface area contributed by atoms with Crippen LogP contribution in [0.2, 0.25) is 5.02 Å². The molecule has 0 unspecified atom stereocenters. The molecule has 1 aliphatic heterocycles. The fraction of sp³-hybridized carbons (Fsp3) is 0.353. The van der Waals surface area contributed by atoms with Crippen molar-refractivity contribution in [2.75, 3.05) is 13.1 Å². The van der Waals surface area contributed by atoms with Gasteiger partial charge in [0, 0.05) is 36.3 Å². The van der Waals surface area contributed by atoms with E-state index in [4.69, 9.17) is 20.5 Å². The summed E-state index contributed by atoms with van der Waals surface area (Å²) in [6, 6.07) is 7.05. The first-order chi connectivity index (χ1) is 11.6. The normalized spacial score (nSPS) is 18.2. The minimum Gasteiger partial charge on any atom is -0.451 e. The Balaban J connectivity index is 1.56. The van der Waals surface area contributed by atoms with E-state index < -0.39 is 0 Å². The number of likely N-dealkylation sites (tertiary alicyclic amines) is 1. The smallest absolute Gasteiger partial charge is 0.289 e. The maximum absolute atomic E-state index is 12.8. The first kappa shape index (κ1) is 15.2. The number of fused-ring (bicyclic) bond motifs is 1. The Hall–Kier alpha value is -2.34. The largest absolute Gasteiger partial charge is 0.451 e. The third kappa shape index (κ3) is 2.78. The molecule has 1 fully saturated rings. The Morgan fingerprint density at radius 3 is 3.04 bits per heavy atom. The predicted octanol–water partition coefficient (Wildman–Crippen LogP) is 3.80. The number of halogens is 1. The van der Waals surface area contributed by atoms with Crippen LogP contribution in [0.25, 0.3) is 11.0 Å². The number of carbonyl (C=O) groups excluding carboxylic acids is 1. The summed E-state index contributed by atoms with van der Waals surface area (Å²) in [5.74, 6) is 1.52. The number of nitrogens with zero attached hydrogens (tertiary/aromatic N) is 3. The molecule has 6 nitrogen and oxygen atoms in total. The maximum Gasteiger partial charge on any atom is 0.289 e. The quantitative estimate of drug-likeness (QED) is 0.706. The number of aromatic nitrogens is 2. The van der Waals surface area contributed by atoms with Crippen molar-refractivity contribution in [3.63, 3.8) is 0 Å². The second-order valence-electron chi connectivity index (χ2n) is 6.05. The molecule has 0 radical (unpaired) electrons. The lowest BCUT2D eigenvalue weighted by Crippen LogP contribution is -2.39. The van der Waals surface area contributed by atoms with Gasteiger partial charge in [0.05, 0.1) is 0 Å². The highest BCUT2D eigenvalue weighted by molar-refractivity contribution is 6.31. The number of aryl methyl sites for hydroxylation is 1. The molecule has 2 aromatic heterocycles. The van der Waals surface area contributed by atoms with Gasteiger partial charge in [0.2, 0.25) is 5.89 Å². The SMILES string of the molecule is Cc1nc([C@H]2CCCN(C(=O)c3cc4cc(Cl)ccc4o3)C2)no1. The number of rotatable bonds is 2. The molecule has 1 amide bonds. The second kappa shape index (κ2) is 5.94. The molecule has 0 saturated carbocycles. The van der Waals surface area contributed by atoms with Crippen LogP contribution >= 0.6 is 11.6 Å². The zero-order valence-corrected chi connectivity index (χ0v) is 13.9. The van der Waals surface area contributed by atoms with Crippen LogP contribution in [-0.4, -0.2) is 34.0 Å². The monoisotopic (exact) mass is 345 g/mol. The first-order valence-corrected chi connectivity index (χ1v) is 8.26. The molecule has 4 rings (SSSR count). The maximum atomic E-state index is 12.8. The molecule has 3 aromatic rings. The minimum absolute atomic E-state index is 0.0963. The van der Waals surface area contributed by atoms with Crippen LogP contribution in [0, 0.1) is 6.92 Å².